The number of nitrogens with one attached hydrogen (secondary N) is 1. The molecule has 1 heterocycles. The maximum atomic E-state index is 11.8. The van der Waals surface area contributed by atoms with E-state index in [2.05, 4.69) is 5.32 Å². The first-order valence-corrected chi connectivity index (χ1v) is 8.46. The number of alkyl carbamates (subject to hydrolysis) is 1. The highest BCUT2D eigenvalue weighted by molar-refractivity contribution is 5.67. The summed E-state index contributed by atoms with van der Waals surface area (Å²) in [6, 6.07) is 9.40. The Kier molecular flexibility index (Phi) is 7.80. The van der Waals surface area contributed by atoms with E-state index < -0.39 is 30.4 Å². The van der Waals surface area contributed by atoms with Gasteiger partial charge in [-0.2, -0.15) is 0 Å². The lowest BCUT2D eigenvalue weighted by molar-refractivity contribution is -0.352. The van der Waals surface area contributed by atoms with Gasteiger partial charge in [0, 0.05) is 27.9 Å². The summed E-state index contributed by atoms with van der Waals surface area (Å²) < 4.78 is 26.8. The number of amides is 1. The van der Waals surface area contributed by atoms with Crippen LogP contribution in [0.4, 0.5) is 4.79 Å². The summed E-state index contributed by atoms with van der Waals surface area (Å²) in [7, 11) is 4.43. The second-order valence-electron chi connectivity index (χ2n) is 5.99. The number of rotatable bonds is 8. The summed E-state index contributed by atoms with van der Waals surface area (Å²) >= 11 is 0. The first-order chi connectivity index (χ1) is 12.5. The van der Waals surface area contributed by atoms with Gasteiger partial charge in [-0.3, -0.25) is 0 Å². The highest BCUT2D eigenvalue weighted by Gasteiger charge is 2.50. The van der Waals surface area contributed by atoms with E-state index in [1.54, 1.807) is 0 Å². The average molecular weight is 369 g/mol. The van der Waals surface area contributed by atoms with Gasteiger partial charge in [0.2, 0.25) is 5.79 Å². The van der Waals surface area contributed by atoms with Crippen LogP contribution in [-0.2, 0) is 30.3 Å². The smallest absolute Gasteiger partial charge is 0.407 e. The monoisotopic (exact) mass is 369 g/mol. The summed E-state index contributed by atoms with van der Waals surface area (Å²) in [4.78, 5) is 11.8. The van der Waals surface area contributed by atoms with Gasteiger partial charge in [0.05, 0.1) is 12.5 Å². The maximum absolute atomic E-state index is 11.8. The van der Waals surface area contributed by atoms with Crippen LogP contribution in [0.15, 0.2) is 30.3 Å². The molecule has 1 aromatic rings. The molecule has 8 heteroatoms. The molecule has 1 aliphatic rings. The van der Waals surface area contributed by atoms with Crippen molar-refractivity contribution < 1.29 is 33.6 Å². The van der Waals surface area contributed by atoms with E-state index in [1.807, 2.05) is 30.3 Å². The third kappa shape index (κ3) is 5.15. The molecule has 0 aliphatic carbocycles. The Bertz CT molecular complexity index is 550. The molecule has 1 aromatic carbocycles. The Morgan fingerprint density at radius 2 is 1.96 bits per heavy atom. The molecule has 1 saturated heterocycles. The topological polar surface area (TPSA) is 95.5 Å². The van der Waals surface area contributed by atoms with Gasteiger partial charge in [0.15, 0.2) is 6.29 Å². The van der Waals surface area contributed by atoms with Crippen molar-refractivity contribution in [2.45, 2.75) is 43.7 Å². The fraction of sp³-hybridized carbons (Fsp3) is 0.611. The van der Waals surface area contributed by atoms with E-state index in [1.165, 1.54) is 21.3 Å². The number of benzene rings is 1. The van der Waals surface area contributed by atoms with Gasteiger partial charge >= 0.3 is 6.09 Å². The fourth-order valence-electron chi connectivity index (χ4n) is 2.90. The van der Waals surface area contributed by atoms with Gasteiger partial charge in [0.1, 0.15) is 12.7 Å². The van der Waals surface area contributed by atoms with E-state index in [9.17, 15) is 9.90 Å². The van der Waals surface area contributed by atoms with Crippen LogP contribution in [0.25, 0.3) is 0 Å². The first-order valence-electron chi connectivity index (χ1n) is 8.46. The highest BCUT2D eigenvalue weighted by atomic mass is 16.7. The van der Waals surface area contributed by atoms with Gasteiger partial charge in [-0.1, -0.05) is 30.3 Å². The Hall–Kier alpha value is -1.71. The van der Waals surface area contributed by atoms with Gasteiger partial charge in [-0.25, -0.2) is 4.79 Å². The summed E-state index contributed by atoms with van der Waals surface area (Å²) in [5.41, 5.74) is 0.904. The van der Waals surface area contributed by atoms with Gasteiger partial charge < -0.3 is 34.1 Å². The predicted octanol–water partition coefficient (Wildman–Crippen LogP) is 1.41. The minimum atomic E-state index is -1.21. The molecule has 1 aliphatic heterocycles. The SMILES string of the molecule is CO[C@@H]1CC(OC)(OC)[C@H](O)[C@@H](CCNC(=O)OCc2ccccc2)O1. The molecule has 0 spiro atoms. The van der Waals surface area contributed by atoms with Gasteiger partial charge in [-0.15, -0.1) is 0 Å². The normalized spacial score (nSPS) is 24.8. The molecular formula is C18H27NO7. The lowest BCUT2D eigenvalue weighted by Crippen LogP contribution is -2.60. The number of hydrogen-bond acceptors (Lipinski definition) is 7. The third-order valence-electron chi connectivity index (χ3n) is 4.45. The minimum absolute atomic E-state index is 0.192. The summed E-state index contributed by atoms with van der Waals surface area (Å²) in [6.45, 7) is 0.451. The van der Waals surface area contributed by atoms with Crippen molar-refractivity contribution in [3.05, 3.63) is 35.9 Å². The Morgan fingerprint density at radius 1 is 1.27 bits per heavy atom. The largest absolute Gasteiger partial charge is 0.445 e. The molecule has 1 amide bonds. The Labute approximate surface area is 153 Å². The van der Waals surface area contributed by atoms with Crippen LogP contribution in [0.3, 0.4) is 0 Å². The molecular weight excluding hydrogens is 342 g/mol. The molecule has 2 rings (SSSR count). The predicted molar refractivity (Wildman–Crippen MR) is 92.3 cm³/mol. The standard InChI is InChI=1S/C18H27NO7/c1-22-15-11-18(23-2,24-3)16(20)14(26-15)9-10-19-17(21)25-12-13-7-5-4-6-8-13/h4-8,14-16,20H,9-12H2,1-3H3,(H,19,21)/t14-,15+,16-/m1/s1. The first kappa shape index (κ1) is 20.6. The second kappa shape index (κ2) is 9.84. The Balaban J connectivity index is 1.80. The molecule has 0 aromatic heterocycles. The van der Waals surface area contributed by atoms with E-state index in [0.29, 0.717) is 6.42 Å². The molecule has 3 atom stereocenters. The minimum Gasteiger partial charge on any atom is -0.445 e. The second-order valence-corrected chi connectivity index (χ2v) is 5.99. The van der Waals surface area contributed by atoms with Gasteiger partial charge in [-0.05, 0) is 12.0 Å². The van der Waals surface area contributed by atoms with Crippen molar-refractivity contribution in [2.75, 3.05) is 27.9 Å². The molecule has 2 N–H and O–H groups in total. The van der Waals surface area contributed by atoms with Gasteiger partial charge in [0.25, 0.3) is 0 Å². The van der Waals surface area contributed by atoms with Crippen LogP contribution in [0, 0.1) is 0 Å². The molecule has 0 bridgehead atoms. The van der Waals surface area contributed by atoms with Crippen LogP contribution >= 0.6 is 0 Å². The van der Waals surface area contributed by atoms with E-state index >= 15 is 0 Å². The number of ether oxygens (including phenoxy) is 5. The Morgan fingerprint density at radius 3 is 2.58 bits per heavy atom. The van der Waals surface area contributed by atoms with Crippen LogP contribution < -0.4 is 5.32 Å². The van der Waals surface area contributed by atoms with Crippen LogP contribution in [0.5, 0.6) is 0 Å². The summed E-state index contributed by atoms with van der Waals surface area (Å²) in [5, 5.41) is 13.2. The lowest BCUT2D eigenvalue weighted by atomic mass is 9.95. The van der Waals surface area contributed by atoms with Crippen molar-refractivity contribution in [2.24, 2.45) is 0 Å². The molecule has 0 saturated carbocycles. The van der Waals surface area contributed by atoms with E-state index in [-0.39, 0.29) is 19.6 Å². The number of hydrogen-bond donors (Lipinski definition) is 2. The highest BCUT2D eigenvalue weighted by Crippen LogP contribution is 2.34. The third-order valence-corrected chi connectivity index (χ3v) is 4.45. The number of aliphatic hydroxyl groups excluding tert-OH is 1. The number of carbonyl (C=O) groups excluding carboxylic acids is 1. The number of carbonyl (C=O) groups is 1. The molecule has 146 valence electrons. The molecule has 0 radical (unpaired) electrons. The maximum Gasteiger partial charge on any atom is 0.407 e. The van der Waals surface area contributed by atoms with Crippen molar-refractivity contribution in [3.8, 4) is 0 Å². The molecule has 8 nitrogen and oxygen atoms in total. The lowest BCUT2D eigenvalue weighted by Gasteiger charge is -2.45. The van der Waals surface area contributed by atoms with Crippen LogP contribution in [0.1, 0.15) is 18.4 Å². The summed E-state index contributed by atoms with van der Waals surface area (Å²) in [6.07, 6.45) is -2.18. The van der Waals surface area contributed by atoms with Crippen molar-refractivity contribution in [1.82, 2.24) is 5.32 Å². The fourth-order valence-corrected chi connectivity index (χ4v) is 2.90. The average Bonchev–Trinajstić information content (AvgIpc) is 2.68. The van der Waals surface area contributed by atoms with Crippen molar-refractivity contribution in [3.63, 3.8) is 0 Å². The number of aliphatic hydroxyl groups is 1. The van der Waals surface area contributed by atoms with Crippen molar-refractivity contribution >= 4 is 6.09 Å². The molecule has 1 fully saturated rings. The quantitative estimate of drug-likeness (QED) is 0.669. The zero-order valence-corrected chi connectivity index (χ0v) is 15.3. The van der Waals surface area contributed by atoms with Crippen LogP contribution in [0.2, 0.25) is 0 Å². The summed E-state index contributed by atoms with van der Waals surface area (Å²) in [5.74, 6) is -1.21. The molecule has 0 unspecified atom stereocenters. The number of methoxy groups -OCH3 is 3. The molecule has 26 heavy (non-hydrogen) atoms. The zero-order chi connectivity index (χ0) is 19.0. The zero-order valence-electron chi connectivity index (χ0n) is 15.3. The van der Waals surface area contributed by atoms with E-state index in [4.69, 9.17) is 23.7 Å². The van der Waals surface area contributed by atoms with E-state index in [0.717, 1.165) is 5.56 Å². The van der Waals surface area contributed by atoms with Crippen molar-refractivity contribution in [1.29, 1.82) is 0 Å². The van der Waals surface area contributed by atoms with Crippen LogP contribution in [-0.4, -0.2) is 63.4 Å².